The maximum Gasteiger partial charge on any atom is 0.234 e. The van der Waals surface area contributed by atoms with Crippen LogP contribution in [0.5, 0.6) is 11.5 Å². The number of methoxy groups -OCH3 is 2. The highest BCUT2D eigenvalue weighted by Gasteiger charge is 2.12. The fourth-order valence-electron chi connectivity index (χ4n) is 2.92. The Morgan fingerprint density at radius 2 is 1.93 bits per heavy atom. The maximum absolute atomic E-state index is 12.5. The minimum atomic E-state index is -0.110. The number of nitrogens with one attached hydrogen (secondary N) is 1. The molecule has 1 amide bonds. The van der Waals surface area contributed by atoms with Gasteiger partial charge in [-0.2, -0.15) is 0 Å². The molecule has 5 nitrogen and oxygen atoms in total. The van der Waals surface area contributed by atoms with Gasteiger partial charge in [0.15, 0.2) is 0 Å². The highest BCUT2D eigenvalue weighted by molar-refractivity contribution is 8.00. The molecule has 0 saturated heterocycles. The standard InChI is InChI=1S/C22H24N2O3S/c1-5-15-11-16-10-14(2)6-8-18(16)24-22(15)28-13-21(25)23-19-9-7-17(26-3)12-20(19)27-4/h6-12H,5,13H2,1-4H3,(H,23,25). The Balaban J connectivity index is 1.73. The predicted molar refractivity (Wildman–Crippen MR) is 115 cm³/mol. The number of nitrogens with zero attached hydrogens (tertiary/aromatic N) is 1. The molecule has 1 aromatic heterocycles. The van der Waals surface area contributed by atoms with Crippen molar-refractivity contribution in [2.75, 3.05) is 25.3 Å². The highest BCUT2D eigenvalue weighted by atomic mass is 32.2. The molecule has 6 heteroatoms. The minimum absolute atomic E-state index is 0.110. The number of hydrogen-bond donors (Lipinski definition) is 1. The summed E-state index contributed by atoms with van der Waals surface area (Å²) >= 11 is 1.45. The van der Waals surface area contributed by atoms with Crippen molar-refractivity contribution in [3.05, 3.63) is 53.6 Å². The molecule has 0 atom stereocenters. The van der Waals surface area contributed by atoms with E-state index < -0.39 is 0 Å². The first-order valence-electron chi connectivity index (χ1n) is 9.09. The van der Waals surface area contributed by atoms with Gasteiger partial charge in [0.2, 0.25) is 5.91 Å². The number of amides is 1. The van der Waals surface area contributed by atoms with Gasteiger partial charge in [0.05, 0.1) is 31.2 Å². The second-order valence-electron chi connectivity index (χ2n) is 6.41. The van der Waals surface area contributed by atoms with Crippen LogP contribution in [0, 0.1) is 6.92 Å². The zero-order chi connectivity index (χ0) is 20.1. The van der Waals surface area contributed by atoms with Gasteiger partial charge in [0.25, 0.3) is 0 Å². The lowest BCUT2D eigenvalue weighted by Crippen LogP contribution is -2.15. The number of carbonyl (C=O) groups excluding carboxylic acids is 1. The van der Waals surface area contributed by atoms with E-state index in [0.717, 1.165) is 27.9 Å². The van der Waals surface area contributed by atoms with Crippen molar-refractivity contribution in [1.82, 2.24) is 4.98 Å². The van der Waals surface area contributed by atoms with Crippen LogP contribution >= 0.6 is 11.8 Å². The van der Waals surface area contributed by atoms with E-state index in [0.29, 0.717) is 17.2 Å². The Morgan fingerprint density at radius 1 is 1.11 bits per heavy atom. The fraction of sp³-hybridized carbons (Fsp3) is 0.273. The van der Waals surface area contributed by atoms with Gasteiger partial charge < -0.3 is 14.8 Å². The summed E-state index contributed by atoms with van der Waals surface area (Å²) in [4.78, 5) is 17.2. The summed E-state index contributed by atoms with van der Waals surface area (Å²) in [6, 6.07) is 13.7. The Hall–Kier alpha value is -2.73. The lowest BCUT2D eigenvalue weighted by atomic mass is 10.1. The third kappa shape index (κ3) is 4.57. The number of ether oxygens (including phenoxy) is 2. The average molecular weight is 397 g/mol. The topological polar surface area (TPSA) is 60.5 Å². The molecule has 0 radical (unpaired) electrons. The number of aryl methyl sites for hydroxylation is 2. The molecule has 0 aliphatic heterocycles. The maximum atomic E-state index is 12.5. The van der Waals surface area contributed by atoms with E-state index in [-0.39, 0.29) is 11.7 Å². The van der Waals surface area contributed by atoms with E-state index >= 15 is 0 Å². The molecular formula is C22H24N2O3S. The SMILES string of the molecule is CCc1cc2cc(C)ccc2nc1SCC(=O)Nc1ccc(OC)cc1OC. The van der Waals surface area contributed by atoms with Gasteiger partial charge in [-0.15, -0.1) is 0 Å². The zero-order valence-electron chi connectivity index (χ0n) is 16.5. The lowest BCUT2D eigenvalue weighted by molar-refractivity contribution is -0.113. The Morgan fingerprint density at radius 3 is 2.64 bits per heavy atom. The van der Waals surface area contributed by atoms with Gasteiger partial charge in [0, 0.05) is 11.5 Å². The van der Waals surface area contributed by atoms with Crippen molar-refractivity contribution >= 4 is 34.3 Å². The molecule has 2 aromatic carbocycles. The third-order valence-electron chi connectivity index (χ3n) is 4.41. The lowest BCUT2D eigenvalue weighted by Gasteiger charge is -2.12. The van der Waals surface area contributed by atoms with Crippen LogP contribution in [0.1, 0.15) is 18.1 Å². The van der Waals surface area contributed by atoms with Crippen molar-refractivity contribution in [2.24, 2.45) is 0 Å². The molecule has 1 heterocycles. The number of anilines is 1. The summed E-state index contributed by atoms with van der Waals surface area (Å²) in [5.74, 6) is 1.40. The smallest absolute Gasteiger partial charge is 0.234 e. The monoisotopic (exact) mass is 396 g/mol. The number of fused-ring (bicyclic) bond motifs is 1. The van der Waals surface area contributed by atoms with Gasteiger partial charge in [-0.25, -0.2) is 4.98 Å². The fourth-order valence-corrected chi connectivity index (χ4v) is 3.81. The average Bonchev–Trinajstić information content (AvgIpc) is 2.71. The number of hydrogen-bond acceptors (Lipinski definition) is 5. The molecule has 0 saturated carbocycles. The first-order valence-corrected chi connectivity index (χ1v) is 10.1. The molecule has 28 heavy (non-hydrogen) atoms. The second-order valence-corrected chi connectivity index (χ2v) is 7.37. The van der Waals surface area contributed by atoms with Crippen LogP contribution < -0.4 is 14.8 Å². The van der Waals surface area contributed by atoms with Crippen molar-refractivity contribution in [3.63, 3.8) is 0 Å². The van der Waals surface area contributed by atoms with E-state index in [1.807, 2.05) is 6.07 Å². The van der Waals surface area contributed by atoms with E-state index in [4.69, 9.17) is 14.5 Å². The summed E-state index contributed by atoms with van der Waals surface area (Å²) in [5.41, 5.74) is 3.93. The van der Waals surface area contributed by atoms with Crippen LogP contribution in [0.3, 0.4) is 0 Å². The minimum Gasteiger partial charge on any atom is -0.497 e. The van der Waals surface area contributed by atoms with Crippen molar-refractivity contribution < 1.29 is 14.3 Å². The summed E-state index contributed by atoms with van der Waals surface area (Å²) < 4.78 is 10.5. The van der Waals surface area contributed by atoms with Gasteiger partial charge in [0.1, 0.15) is 16.5 Å². The van der Waals surface area contributed by atoms with E-state index in [1.165, 1.54) is 17.3 Å². The van der Waals surface area contributed by atoms with Crippen LogP contribution in [0.25, 0.3) is 10.9 Å². The Kier molecular flexibility index (Phi) is 6.41. The van der Waals surface area contributed by atoms with Crippen molar-refractivity contribution in [2.45, 2.75) is 25.3 Å². The molecule has 0 spiro atoms. The van der Waals surface area contributed by atoms with Gasteiger partial charge in [-0.05, 0) is 49.2 Å². The molecule has 0 aliphatic carbocycles. The molecule has 146 valence electrons. The largest absolute Gasteiger partial charge is 0.497 e. The van der Waals surface area contributed by atoms with Gasteiger partial charge in [-0.1, -0.05) is 30.3 Å². The molecule has 3 aromatic rings. The first kappa shape index (κ1) is 20.0. The molecule has 3 rings (SSSR count). The van der Waals surface area contributed by atoms with E-state index in [2.05, 4.69) is 37.4 Å². The Bertz CT molecular complexity index is 1000. The Labute approximate surface area is 169 Å². The van der Waals surface area contributed by atoms with E-state index in [1.54, 1.807) is 32.4 Å². The third-order valence-corrected chi connectivity index (χ3v) is 5.45. The second kappa shape index (κ2) is 8.97. The van der Waals surface area contributed by atoms with Crippen LogP contribution in [0.2, 0.25) is 0 Å². The number of carbonyl (C=O) groups is 1. The molecule has 0 unspecified atom stereocenters. The summed E-state index contributed by atoms with van der Waals surface area (Å²) in [6.07, 6.45) is 0.868. The summed E-state index contributed by atoms with van der Waals surface area (Å²) in [6.45, 7) is 4.18. The van der Waals surface area contributed by atoms with Crippen molar-refractivity contribution in [3.8, 4) is 11.5 Å². The molecule has 1 N–H and O–H groups in total. The summed E-state index contributed by atoms with van der Waals surface area (Å²) in [7, 11) is 3.15. The number of benzene rings is 2. The van der Waals surface area contributed by atoms with Crippen LogP contribution in [-0.2, 0) is 11.2 Å². The van der Waals surface area contributed by atoms with E-state index in [9.17, 15) is 4.79 Å². The number of thioether (sulfide) groups is 1. The molecule has 0 aliphatic rings. The van der Waals surface area contributed by atoms with Gasteiger partial charge in [-0.3, -0.25) is 4.79 Å². The number of rotatable bonds is 7. The van der Waals surface area contributed by atoms with Crippen LogP contribution in [0.15, 0.2) is 47.5 Å². The normalized spacial score (nSPS) is 10.7. The van der Waals surface area contributed by atoms with Crippen LogP contribution in [-0.4, -0.2) is 30.9 Å². The van der Waals surface area contributed by atoms with Crippen LogP contribution in [0.4, 0.5) is 5.69 Å². The first-order chi connectivity index (χ1) is 13.5. The number of pyridine rings is 1. The quantitative estimate of drug-likeness (QED) is 0.578. The molecular weight excluding hydrogens is 372 g/mol. The highest BCUT2D eigenvalue weighted by Crippen LogP contribution is 2.30. The molecule has 0 bridgehead atoms. The molecule has 0 fully saturated rings. The zero-order valence-corrected chi connectivity index (χ0v) is 17.4. The van der Waals surface area contributed by atoms with Crippen molar-refractivity contribution in [1.29, 1.82) is 0 Å². The predicted octanol–water partition coefficient (Wildman–Crippen LogP) is 4.85. The number of aromatic nitrogens is 1. The summed E-state index contributed by atoms with van der Waals surface area (Å²) in [5, 5.41) is 4.93. The van der Waals surface area contributed by atoms with Gasteiger partial charge >= 0.3 is 0 Å².